The number of rotatable bonds is 4. The molecule has 2 aromatic carbocycles. The predicted octanol–water partition coefficient (Wildman–Crippen LogP) is 2.24. The maximum absolute atomic E-state index is 12.1. The number of amides is 2. The van der Waals surface area contributed by atoms with Crippen LogP contribution in [0.2, 0.25) is 0 Å². The van der Waals surface area contributed by atoms with E-state index in [-0.39, 0.29) is 18.4 Å². The van der Waals surface area contributed by atoms with E-state index in [1.807, 2.05) is 36.5 Å². The van der Waals surface area contributed by atoms with E-state index >= 15 is 0 Å². The van der Waals surface area contributed by atoms with Crippen LogP contribution in [0.1, 0.15) is 21.5 Å². The minimum Gasteiger partial charge on any atom is -0.361 e. The van der Waals surface area contributed by atoms with Gasteiger partial charge in [0.1, 0.15) is 0 Å². The third-order valence-electron chi connectivity index (χ3n) is 4.02. The van der Waals surface area contributed by atoms with Crippen molar-refractivity contribution in [1.29, 1.82) is 0 Å². The molecule has 0 atom stereocenters. The summed E-state index contributed by atoms with van der Waals surface area (Å²) in [7, 11) is 1.58. The van der Waals surface area contributed by atoms with Gasteiger partial charge in [-0.1, -0.05) is 42.2 Å². The summed E-state index contributed by atoms with van der Waals surface area (Å²) in [6.07, 6.45) is 2.15. The second-order valence-corrected chi connectivity index (χ2v) is 5.74. The Morgan fingerprint density at radius 1 is 1.08 bits per heavy atom. The van der Waals surface area contributed by atoms with Crippen molar-refractivity contribution in [1.82, 2.24) is 15.6 Å². The van der Waals surface area contributed by atoms with Crippen LogP contribution in [-0.2, 0) is 11.2 Å². The highest BCUT2D eigenvalue weighted by molar-refractivity contribution is 5.96. The molecule has 5 heteroatoms. The Hall–Kier alpha value is -3.52. The lowest BCUT2D eigenvalue weighted by Gasteiger charge is -2.02. The lowest BCUT2D eigenvalue weighted by Crippen LogP contribution is -2.25. The van der Waals surface area contributed by atoms with E-state index in [4.69, 9.17) is 0 Å². The monoisotopic (exact) mass is 345 g/mol. The molecule has 1 heterocycles. The highest BCUT2D eigenvalue weighted by Gasteiger charge is 2.08. The molecule has 0 aliphatic rings. The van der Waals surface area contributed by atoms with E-state index in [2.05, 4.69) is 27.5 Å². The number of hydrogen-bond donors (Lipinski definition) is 3. The zero-order valence-electron chi connectivity index (χ0n) is 14.4. The summed E-state index contributed by atoms with van der Waals surface area (Å²) in [5, 5.41) is 6.43. The first-order valence-electron chi connectivity index (χ1n) is 8.30. The van der Waals surface area contributed by atoms with E-state index in [1.54, 1.807) is 25.2 Å². The zero-order chi connectivity index (χ0) is 18.4. The van der Waals surface area contributed by atoms with Crippen LogP contribution < -0.4 is 10.6 Å². The first-order chi connectivity index (χ1) is 12.7. The van der Waals surface area contributed by atoms with Gasteiger partial charge in [0.05, 0.1) is 18.5 Å². The molecule has 3 N–H and O–H groups in total. The fourth-order valence-corrected chi connectivity index (χ4v) is 2.72. The van der Waals surface area contributed by atoms with Gasteiger partial charge in [-0.3, -0.25) is 9.59 Å². The lowest BCUT2D eigenvalue weighted by molar-refractivity contribution is -0.120. The van der Waals surface area contributed by atoms with Gasteiger partial charge in [0.25, 0.3) is 5.91 Å². The third kappa shape index (κ3) is 3.93. The summed E-state index contributed by atoms with van der Waals surface area (Å²) in [4.78, 5) is 27.1. The number of carbonyl (C=O) groups excluding carboxylic acids is 2. The van der Waals surface area contributed by atoms with Crippen LogP contribution in [0.5, 0.6) is 0 Å². The minimum absolute atomic E-state index is 0.0939. The highest BCUT2D eigenvalue weighted by atomic mass is 16.2. The van der Waals surface area contributed by atoms with E-state index in [9.17, 15) is 9.59 Å². The Bertz CT molecular complexity index is 1010. The van der Waals surface area contributed by atoms with Crippen molar-refractivity contribution in [3.8, 4) is 11.8 Å². The van der Waals surface area contributed by atoms with Crippen LogP contribution in [0.3, 0.4) is 0 Å². The summed E-state index contributed by atoms with van der Waals surface area (Å²) in [5.74, 6) is 5.56. The van der Waals surface area contributed by atoms with Crippen LogP contribution in [0.25, 0.3) is 10.9 Å². The fourth-order valence-electron chi connectivity index (χ4n) is 2.72. The van der Waals surface area contributed by atoms with Crippen LogP contribution in [0.15, 0.2) is 54.7 Å². The molecular weight excluding hydrogens is 326 g/mol. The molecule has 0 bridgehead atoms. The van der Waals surface area contributed by atoms with Crippen molar-refractivity contribution in [3.05, 3.63) is 71.4 Å². The van der Waals surface area contributed by atoms with Crippen molar-refractivity contribution < 1.29 is 9.59 Å². The maximum atomic E-state index is 12.1. The van der Waals surface area contributed by atoms with Crippen LogP contribution >= 0.6 is 0 Å². The van der Waals surface area contributed by atoms with Crippen molar-refractivity contribution in [2.45, 2.75) is 6.42 Å². The van der Waals surface area contributed by atoms with Crippen molar-refractivity contribution in [2.24, 2.45) is 0 Å². The number of carbonyl (C=O) groups is 2. The zero-order valence-corrected chi connectivity index (χ0v) is 14.4. The van der Waals surface area contributed by atoms with Gasteiger partial charge in [0.2, 0.25) is 5.91 Å². The third-order valence-corrected chi connectivity index (χ3v) is 4.02. The minimum atomic E-state index is -0.182. The first kappa shape index (κ1) is 17.3. The number of H-pyrrole nitrogens is 1. The molecule has 130 valence electrons. The molecule has 3 aromatic rings. The number of nitrogens with one attached hydrogen (secondary N) is 3. The number of fused-ring (bicyclic) bond motifs is 1. The number of aromatic nitrogens is 1. The fraction of sp³-hybridized carbons (Fsp3) is 0.143. The van der Waals surface area contributed by atoms with Gasteiger partial charge < -0.3 is 15.6 Å². The molecular formula is C21H19N3O2. The van der Waals surface area contributed by atoms with Gasteiger partial charge in [-0.05, 0) is 23.8 Å². The first-order valence-corrected chi connectivity index (χ1v) is 8.30. The SMILES string of the molecule is CNC(=O)c1ccccc1C#CCNC(=O)Cc1c[nH]c2ccccc12. The van der Waals surface area contributed by atoms with Crippen molar-refractivity contribution >= 4 is 22.7 Å². The van der Waals surface area contributed by atoms with Gasteiger partial charge in [0.15, 0.2) is 0 Å². The molecule has 0 aliphatic carbocycles. The van der Waals surface area contributed by atoms with Gasteiger partial charge in [-0.25, -0.2) is 0 Å². The smallest absolute Gasteiger partial charge is 0.252 e. The lowest BCUT2D eigenvalue weighted by atomic mass is 10.1. The Labute approximate surface area is 151 Å². The van der Waals surface area contributed by atoms with Gasteiger partial charge in [0, 0.05) is 29.7 Å². The topological polar surface area (TPSA) is 74.0 Å². The second-order valence-electron chi connectivity index (χ2n) is 5.74. The number of hydrogen-bond acceptors (Lipinski definition) is 2. The number of benzene rings is 2. The Morgan fingerprint density at radius 2 is 1.85 bits per heavy atom. The van der Waals surface area contributed by atoms with E-state index in [1.165, 1.54) is 0 Å². The van der Waals surface area contributed by atoms with Crippen LogP contribution in [-0.4, -0.2) is 30.4 Å². The molecule has 26 heavy (non-hydrogen) atoms. The second kappa shape index (κ2) is 8.04. The summed E-state index contributed by atoms with van der Waals surface area (Å²) >= 11 is 0. The van der Waals surface area contributed by atoms with Crippen molar-refractivity contribution in [3.63, 3.8) is 0 Å². The molecule has 0 spiro atoms. The molecule has 0 unspecified atom stereocenters. The Balaban J connectivity index is 1.60. The quantitative estimate of drug-likeness (QED) is 0.635. The molecule has 0 radical (unpaired) electrons. The predicted molar refractivity (Wildman–Crippen MR) is 102 cm³/mol. The summed E-state index contributed by atoms with van der Waals surface area (Å²) in [6.45, 7) is 0.225. The van der Waals surface area contributed by atoms with Crippen LogP contribution in [0, 0.1) is 11.8 Å². The van der Waals surface area contributed by atoms with Crippen LogP contribution in [0.4, 0.5) is 0 Å². The van der Waals surface area contributed by atoms with Gasteiger partial charge in [-0.15, -0.1) is 0 Å². The van der Waals surface area contributed by atoms with Gasteiger partial charge >= 0.3 is 0 Å². The molecule has 0 saturated carbocycles. The highest BCUT2D eigenvalue weighted by Crippen LogP contribution is 2.17. The summed E-state index contributed by atoms with van der Waals surface area (Å²) in [5.41, 5.74) is 3.13. The van der Waals surface area contributed by atoms with E-state index in [0.29, 0.717) is 17.5 Å². The molecule has 0 aliphatic heterocycles. The number of aromatic amines is 1. The normalized spacial score (nSPS) is 10.0. The summed E-state index contributed by atoms with van der Waals surface area (Å²) < 4.78 is 0. The molecule has 2 amide bonds. The molecule has 1 aromatic heterocycles. The molecule has 0 fully saturated rings. The average Bonchev–Trinajstić information content (AvgIpc) is 3.08. The van der Waals surface area contributed by atoms with Crippen molar-refractivity contribution in [2.75, 3.05) is 13.6 Å². The van der Waals surface area contributed by atoms with E-state index < -0.39 is 0 Å². The largest absolute Gasteiger partial charge is 0.361 e. The number of para-hydroxylation sites is 1. The average molecular weight is 345 g/mol. The van der Waals surface area contributed by atoms with E-state index in [0.717, 1.165) is 16.5 Å². The Morgan fingerprint density at radius 3 is 2.69 bits per heavy atom. The molecule has 0 saturated heterocycles. The molecule has 5 nitrogen and oxygen atoms in total. The Kier molecular flexibility index (Phi) is 5.35. The molecule has 3 rings (SSSR count). The standard InChI is InChI=1S/C21H19N3O2/c1-22-21(26)18-10-3-2-7-15(18)8-6-12-23-20(25)13-16-14-24-19-11-5-4-9-17(16)19/h2-5,7,9-11,14,24H,12-13H2,1H3,(H,22,26)(H,23,25). The maximum Gasteiger partial charge on any atom is 0.252 e. The summed E-state index contributed by atoms with van der Waals surface area (Å²) in [6, 6.07) is 15.0. The van der Waals surface area contributed by atoms with Gasteiger partial charge in [-0.2, -0.15) is 0 Å².